The van der Waals surface area contributed by atoms with Gasteiger partial charge in [-0.15, -0.1) is 23.5 Å². The van der Waals surface area contributed by atoms with Gasteiger partial charge in [-0.05, 0) is 30.1 Å². The summed E-state index contributed by atoms with van der Waals surface area (Å²) < 4.78 is -0.337. The number of Topliss-reactive ketones (excluding diaryl/α,β-unsaturated/α-hetero) is 1. The van der Waals surface area contributed by atoms with E-state index in [9.17, 15) is 4.79 Å². The molecule has 1 aliphatic carbocycles. The van der Waals surface area contributed by atoms with Gasteiger partial charge in [0.2, 0.25) is 0 Å². The normalized spacial score (nSPS) is 31.5. The van der Waals surface area contributed by atoms with E-state index in [-0.39, 0.29) is 10.1 Å². The van der Waals surface area contributed by atoms with E-state index in [1.165, 1.54) is 11.3 Å². The largest absolute Gasteiger partial charge is 0.379 e. The molecule has 3 unspecified atom stereocenters. The first-order valence-corrected chi connectivity index (χ1v) is 9.08. The van der Waals surface area contributed by atoms with Gasteiger partial charge in [0.05, 0.1) is 6.04 Å². The Morgan fingerprint density at radius 2 is 1.95 bits per heavy atom. The lowest BCUT2D eigenvalue weighted by Gasteiger charge is -2.44. The predicted octanol–water partition coefficient (Wildman–Crippen LogP) is 3.60. The van der Waals surface area contributed by atoms with Gasteiger partial charge in [-0.2, -0.15) is 0 Å². The Bertz CT molecular complexity index is 513. The van der Waals surface area contributed by atoms with Gasteiger partial charge < -0.3 is 5.32 Å². The minimum atomic E-state index is -0.337. The molecule has 2 aliphatic rings. The number of hydrogen-bond donors (Lipinski definition) is 1. The van der Waals surface area contributed by atoms with Crippen LogP contribution in [0.25, 0.3) is 0 Å². The molecule has 3 atom stereocenters. The van der Waals surface area contributed by atoms with Crippen molar-refractivity contribution >= 4 is 35.0 Å². The molecule has 2 nitrogen and oxygen atoms in total. The smallest absolute Gasteiger partial charge is 0.161 e. The zero-order valence-electron chi connectivity index (χ0n) is 11.5. The fraction of sp³-hybridized carbons (Fsp3) is 0.533. The van der Waals surface area contributed by atoms with E-state index >= 15 is 0 Å². The number of rotatable bonds is 2. The van der Waals surface area contributed by atoms with Crippen LogP contribution in [0, 0.1) is 5.92 Å². The molecular weight excluding hydrogens is 274 g/mol. The molecule has 1 saturated carbocycles. The van der Waals surface area contributed by atoms with Gasteiger partial charge in [-0.25, -0.2) is 0 Å². The van der Waals surface area contributed by atoms with E-state index in [1.807, 2.05) is 0 Å². The molecule has 0 amide bonds. The molecule has 19 heavy (non-hydrogen) atoms. The monoisotopic (exact) mass is 293 g/mol. The first-order valence-electron chi connectivity index (χ1n) is 6.63. The van der Waals surface area contributed by atoms with Crippen molar-refractivity contribution in [3.05, 3.63) is 29.8 Å². The number of hydrogen-bond acceptors (Lipinski definition) is 4. The molecule has 0 aromatic heterocycles. The second kappa shape index (κ2) is 4.74. The molecule has 1 N–H and O–H groups in total. The molecule has 3 rings (SSSR count). The Hall–Kier alpha value is -0.610. The van der Waals surface area contributed by atoms with Crippen molar-refractivity contribution in [3.63, 3.8) is 0 Å². The quantitative estimate of drug-likeness (QED) is 0.844. The highest BCUT2D eigenvalue weighted by molar-refractivity contribution is 8.18. The molecule has 1 fully saturated rings. The van der Waals surface area contributed by atoms with E-state index in [1.54, 1.807) is 23.5 Å². The summed E-state index contributed by atoms with van der Waals surface area (Å²) in [5, 5.41) is 3.63. The summed E-state index contributed by atoms with van der Waals surface area (Å²) in [5.41, 5.74) is 2.60. The van der Waals surface area contributed by atoms with E-state index in [0.717, 1.165) is 0 Å². The molecule has 0 radical (unpaired) electrons. The lowest BCUT2D eigenvalue weighted by atomic mass is 9.74. The summed E-state index contributed by atoms with van der Waals surface area (Å²) in [7, 11) is 0. The molecule has 4 heteroatoms. The van der Waals surface area contributed by atoms with Crippen molar-refractivity contribution in [2.24, 2.45) is 5.92 Å². The van der Waals surface area contributed by atoms with Crippen molar-refractivity contribution < 1.29 is 4.79 Å². The van der Waals surface area contributed by atoms with Crippen molar-refractivity contribution in [2.45, 2.75) is 29.4 Å². The van der Waals surface area contributed by atoms with Crippen LogP contribution in [-0.4, -0.2) is 28.4 Å². The number of carbonyl (C=O) groups excluding carboxylic acids is 1. The summed E-state index contributed by atoms with van der Waals surface area (Å²) in [4.78, 5) is 12.6. The highest BCUT2D eigenvalue weighted by atomic mass is 32.2. The summed E-state index contributed by atoms with van der Waals surface area (Å²) in [5.74, 6) is 1.26. The maximum absolute atomic E-state index is 12.6. The van der Waals surface area contributed by atoms with Crippen LogP contribution in [0.4, 0.5) is 5.69 Å². The van der Waals surface area contributed by atoms with E-state index in [2.05, 4.69) is 49.0 Å². The van der Waals surface area contributed by atoms with Crippen molar-refractivity contribution in [2.75, 3.05) is 17.8 Å². The number of anilines is 1. The van der Waals surface area contributed by atoms with Crippen molar-refractivity contribution in [1.29, 1.82) is 0 Å². The molecule has 1 aliphatic heterocycles. The number of nitrogens with one attached hydrogen (secondary N) is 1. The van der Waals surface area contributed by atoms with Crippen LogP contribution in [0.15, 0.2) is 24.3 Å². The van der Waals surface area contributed by atoms with Gasteiger partial charge in [0.1, 0.15) is 4.08 Å². The van der Waals surface area contributed by atoms with Crippen molar-refractivity contribution in [1.82, 2.24) is 0 Å². The standard InChI is InChI=1S/C15H19NOS2/c1-9-8-12(17)15(18-2,19-3)14-13(9)10-6-4-5-7-11(10)16-14/h4-7,9,13-14,16H,8H2,1-3H3. The van der Waals surface area contributed by atoms with Gasteiger partial charge in [-0.3, -0.25) is 4.79 Å². The Morgan fingerprint density at radius 3 is 2.63 bits per heavy atom. The van der Waals surface area contributed by atoms with Crippen LogP contribution < -0.4 is 5.32 Å². The average Bonchev–Trinajstić information content (AvgIpc) is 2.80. The maximum Gasteiger partial charge on any atom is 0.161 e. The van der Waals surface area contributed by atoms with E-state index in [4.69, 9.17) is 0 Å². The SMILES string of the molecule is CSC1(SC)C(=O)CC(C)C2c3ccccc3NC21. The average molecular weight is 293 g/mol. The molecule has 0 spiro atoms. The summed E-state index contributed by atoms with van der Waals surface area (Å²) >= 11 is 3.40. The number of thioether (sulfide) groups is 2. The van der Waals surface area contributed by atoms with E-state index in [0.29, 0.717) is 24.0 Å². The van der Waals surface area contributed by atoms with Gasteiger partial charge >= 0.3 is 0 Å². The lowest BCUT2D eigenvalue weighted by molar-refractivity contribution is -0.122. The highest BCUT2D eigenvalue weighted by Gasteiger charge is 2.56. The van der Waals surface area contributed by atoms with Crippen LogP contribution in [0.2, 0.25) is 0 Å². The molecule has 1 heterocycles. The first-order chi connectivity index (χ1) is 9.14. The third-order valence-corrected chi connectivity index (χ3v) is 7.69. The summed E-state index contributed by atoms with van der Waals surface area (Å²) in [6.45, 7) is 2.21. The molecule has 0 bridgehead atoms. The first kappa shape index (κ1) is 13.4. The maximum atomic E-state index is 12.6. The zero-order chi connectivity index (χ0) is 13.6. The lowest BCUT2D eigenvalue weighted by Crippen LogP contribution is -2.54. The number of carbonyl (C=O) groups is 1. The minimum Gasteiger partial charge on any atom is -0.379 e. The van der Waals surface area contributed by atoms with Gasteiger partial charge in [0, 0.05) is 18.0 Å². The van der Waals surface area contributed by atoms with Crippen LogP contribution in [0.3, 0.4) is 0 Å². The Balaban J connectivity index is 2.09. The van der Waals surface area contributed by atoms with Gasteiger partial charge in [-0.1, -0.05) is 25.1 Å². The Kier molecular flexibility index (Phi) is 3.34. The molecular formula is C15H19NOS2. The number of benzene rings is 1. The number of fused-ring (bicyclic) bond motifs is 3. The van der Waals surface area contributed by atoms with Gasteiger partial charge in [0.25, 0.3) is 0 Å². The third kappa shape index (κ3) is 1.76. The predicted molar refractivity (Wildman–Crippen MR) is 85.1 cm³/mol. The molecule has 1 aromatic rings. The van der Waals surface area contributed by atoms with Crippen molar-refractivity contribution in [3.8, 4) is 0 Å². The zero-order valence-corrected chi connectivity index (χ0v) is 13.1. The fourth-order valence-electron chi connectivity index (χ4n) is 3.62. The van der Waals surface area contributed by atoms with Gasteiger partial charge in [0.15, 0.2) is 5.78 Å². The minimum absolute atomic E-state index is 0.214. The fourth-order valence-corrected chi connectivity index (χ4v) is 5.83. The van der Waals surface area contributed by atoms with Crippen LogP contribution in [-0.2, 0) is 4.79 Å². The highest BCUT2D eigenvalue weighted by Crippen LogP contribution is 2.56. The second-order valence-corrected chi connectivity index (χ2v) is 7.78. The van der Waals surface area contributed by atoms with Crippen LogP contribution in [0.1, 0.15) is 24.8 Å². The van der Waals surface area contributed by atoms with Crippen LogP contribution >= 0.6 is 23.5 Å². The topological polar surface area (TPSA) is 29.1 Å². The Morgan fingerprint density at radius 1 is 1.26 bits per heavy atom. The summed E-state index contributed by atoms with van der Waals surface area (Å²) in [6, 6.07) is 8.73. The number of para-hydroxylation sites is 1. The Labute approximate surface area is 123 Å². The molecule has 0 saturated heterocycles. The summed E-state index contributed by atoms with van der Waals surface area (Å²) in [6.07, 6.45) is 4.82. The second-order valence-electron chi connectivity index (χ2n) is 5.42. The number of ketones is 1. The third-order valence-electron chi connectivity index (χ3n) is 4.52. The molecule has 102 valence electrons. The van der Waals surface area contributed by atoms with Crippen LogP contribution in [0.5, 0.6) is 0 Å². The van der Waals surface area contributed by atoms with E-state index < -0.39 is 0 Å². The molecule has 1 aromatic carbocycles.